The van der Waals surface area contributed by atoms with Gasteiger partial charge in [-0.1, -0.05) is 38.0 Å². The summed E-state index contributed by atoms with van der Waals surface area (Å²) in [6, 6.07) is 9.93. The number of rotatable bonds is 6. The Morgan fingerprint density at radius 2 is 2.05 bits per heavy atom. The third-order valence-corrected chi connectivity index (χ3v) is 6.02. The van der Waals surface area contributed by atoms with E-state index in [1.807, 2.05) is 11.3 Å². The van der Waals surface area contributed by atoms with Crippen molar-refractivity contribution in [1.29, 1.82) is 0 Å². The zero-order valence-electron chi connectivity index (χ0n) is 12.8. The first-order valence-electron chi connectivity index (χ1n) is 7.93. The normalized spacial score (nSPS) is 18.4. The van der Waals surface area contributed by atoms with Crippen molar-refractivity contribution in [2.45, 2.75) is 58.5 Å². The fourth-order valence-corrected chi connectivity index (χ4v) is 4.37. The zero-order chi connectivity index (χ0) is 14.1. The van der Waals surface area contributed by atoms with Gasteiger partial charge in [-0.2, -0.15) is 0 Å². The summed E-state index contributed by atoms with van der Waals surface area (Å²) >= 11 is 1.96. The number of hydrogen-bond donors (Lipinski definition) is 1. The zero-order valence-corrected chi connectivity index (χ0v) is 13.6. The third-order valence-electron chi connectivity index (χ3n) is 4.57. The molecule has 1 fully saturated rings. The van der Waals surface area contributed by atoms with E-state index in [0.29, 0.717) is 12.1 Å². The Kier molecular flexibility index (Phi) is 4.13. The highest BCUT2D eigenvalue weighted by Gasteiger charge is 2.26. The van der Waals surface area contributed by atoms with Crippen LogP contribution in [0.2, 0.25) is 0 Å². The van der Waals surface area contributed by atoms with E-state index in [9.17, 15) is 0 Å². The van der Waals surface area contributed by atoms with Crippen molar-refractivity contribution >= 4 is 21.4 Å². The average Bonchev–Trinajstić information content (AvgIpc) is 3.21. The molecule has 0 radical (unpaired) electrons. The van der Waals surface area contributed by atoms with Gasteiger partial charge in [0.1, 0.15) is 0 Å². The predicted octanol–water partition coefficient (Wildman–Crippen LogP) is 5.44. The van der Waals surface area contributed by atoms with Crippen LogP contribution in [0.15, 0.2) is 24.3 Å². The number of benzene rings is 1. The second kappa shape index (κ2) is 5.87. The maximum Gasteiger partial charge on any atom is 0.0391 e. The van der Waals surface area contributed by atoms with Gasteiger partial charge in [0.25, 0.3) is 0 Å². The highest BCUT2D eigenvalue weighted by molar-refractivity contribution is 7.19. The van der Waals surface area contributed by atoms with Gasteiger partial charge in [-0.15, -0.1) is 11.3 Å². The molecule has 108 valence electrons. The summed E-state index contributed by atoms with van der Waals surface area (Å²) in [6.45, 7) is 6.91. The molecule has 2 heteroatoms. The smallest absolute Gasteiger partial charge is 0.0391 e. The number of fused-ring (bicyclic) bond motifs is 1. The van der Waals surface area contributed by atoms with Gasteiger partial charge >= 0.3 is 0 Å². The van der Waals surface area contributed by atoms with Gasteiger partial charge < -0.3 is 5.32 Å². The van der Waals surface area contributed by atoms with Gasteiger partial charge in [-0.3, -0.25) is 0 Å². The van der Waals surface area contributed by atoms with Crippen LogP contribution in [-0.4, -0.2) is 6.04 Å². The molecule has 0 bridgehead atoms. The molecular weight excluding hydrogens is 262 g/mol. The van der Waals surface area contributed by atoms with Crippen molar-refractivity contribution in [3.05, 3.63) is 34.7 Å². The van der Waals surface area contributed by atoms with E-state index in [-0.39, 0.29) is 0 Å². The molecule has 0 aliphatic heterocycles. The molecule has 1 heterocycles. The molecule has 3 rings (SSSR count). The second-order valence-corrected chi connectivity index (χ2v) is 7.34. The van der Waals surface area contributed by atoms with Crippen molar-refractivity contribution in [2.24, 2.45) is 5.92 Å². The Morgan fingerprint density at radius 3 is 2.70 bits per heavy atom. The molecule has 1 N–H and O–H groups in total. The Balaban J connectivity index is 1.76. The van der Waals surface area contributed by atoms with Crippen LogP contribution in [-0.2, 0) is 0 Å². The molecule has 1 aromatic carbocycles. The van der Waals surface area contributed by atoms with Crippen LogP contribution in [0.3, 0.4) is 0 Å². The minimum atomic E-state index is 0.469. The average molecular weight is 287 g/mol. The lowest BCUT2D eigenvalue weighted by atomic mass is 10.0. The first-order valence-corrected chi connectivity index (χ1v) is 8.74. The van der Waals surface area contributed by atoms with E-state index in [0.717, 1.165) is 5.92 Å². The van der Waals surface area contributed by atoms with Crippen LogP contribution in [0.25, 0.3) is 10.1 Å². The van der Waals surface area contributed by atoms with E-state index in [1.165, 1.54) is 46.2 Å². The van der Waals surface area contributed by atoms with Gasteiger partial charge in [0.05, 0.1) is 0 Å². The molecule has 1 saturated carbocycles. The SMILES string of the molecule is CCC(CC1CC1)NC(C)c1sc2ccccc2c1C. The van der Waals surface area contributed by atoms with Crippen LogP contribution in [0.1, 0.15) is 56.0 Å². The fraction of sp³-hybridized carbons (Fsp3) is 0.556. The Bertz CT molecular complexity index is 582. The van der Waals surface area contributed by atoms with E-state index < -0.39 is 0 Å². The van der Waals surface area contributed by atoms with Crippen LogP contribution < -0.4 is 5.32 Å². The minimum absolute atomic E-state index is 0.469. The van der Waals surface area contributed by atoms with Crippen molar-refractivity contribution in [3.8, 4) is 0 Å². The summed E-state index contributed by atoms with van der Waals surface area (Å²) in [7, 11) is 0. The summed E-state index contributed by atoms with van der Waals surface area (Å²) in [5.41, 5.74) is 1.46. The highest BCUT2D eigenvalue weighted by atomic mass is 32.1. The third kappa shape index (κ3) is 2.91. The van der Waals surface area contributed by atoms with E-state index in [2.05, 4.69) is 50.4 Å². The van der Waals surface area contributed by atoms with E-state index in [1.54, 1.807) is 0 Å². The topological polar surface area (TPSA) is 12.0 Å². The predicted molar refractivity (Wildman–Crippen MR) is 89.5 cm³/mol. The Hall–Kier alpha value is -0.860. The fourth-order valence-electron chi connectivity index (χ4n) is 3.14. The maximum absolute atomic E-state index is 3.87. The molecule has 2 atom stereocenters. The molecular formula is C18H25NS. The van der Waals surface area contributed by atoms with E-state index >= 15 is 0 Å². The molecule has 1 nitrogen and oxygen atoms in total. The van der Waals surface area contributed by atoms with Gasteiger partial charge in [-0.25, -0.2) is 0 Å². The number of hydrogen-bond acceptors (Lipinski definition) is 2. The van der Waals surface area contributed by atoms with Crippen molar-refractivity contribution in [1.82, 2.24) is 5.32 Å². The largest absolute Gasteiger partial charge is 0.307 e. The van der Waals surface area contributed by atoms with E-state index in [4.69, 9.17) is 0 Å². The monoisotopic (exact) mass is 287 g/mol. The van der Waals surface area contributed by atoms with Crippen LogP contribution in [0, 0.1) is 12.8 Å². The summed E-state index contributed by atoms with van der Waals surface area (Å²) in [5.74, 6) is 1.00. The van der Waals surface area contributed by atoms with Gasteiger partial charge in [0.15, 0.2) is 0 Å². The number of nitrogens with one attached hydrogen (secondary N) is 1. The summed E-state index contributed by atoms with van der Waals surface area (Å²) < 4.78 is 1.42. The maximum atomic E-state index is 3.87. The first kappa shape index (κ1) is 14.1. The molecule has 1 aliphatic rings. The van der Waals surface area contributed by atoms with Crippen LogP contribution in [0.4, 0.5) is 0 Å². The molecule has 1 aliphatic carbocycles. The first-order chi connectivity index (χ1) is 9.69. The van der Waals surface area contributed by atoms with Crippen molar-refractivity contribution < 1.29 is 0 Å². The van der Waals surface area contributed by atoms with Crippen molar-refractivity contribution in [3.63, 3.8) is 0 Å². The van der Waals surface area contributed by atoms with Gasteiger partial charge in [0.2, 0.25) is 0 Å². The molecule has 0 saturated heterocycles. The summed E-state index contributed by atoms with van der Waals surface area (Å²) in [5, 5.41) is 5.29. The summed E-state index contributed by atoms with van der Waals surface area (Å²) in [4.78, 5) is 1.51. The van der Waals surface area contributed by atoms with Gasteiger partial charge in [0, 0.05) is 21.7 Å². The summed E-state index contributed by atoms with van der Waals surface area (Å²) in [6.07, 6.45) is 5.51. The molecule has 1 aromatic heterocycles. The Morgan fingerprint density at radius 1 is 1.30 bits per heavy atom. The highest BCUT2D eigenvalue weighted by Crippen LogP contribution is 2.37. The Labute approximate surface area is 126 Å². The lowest BCUT2D eigenvalue weighted by Crippen LogP contribution is -2.31. The minimum Gasteiger partial charge on any atom is -0.307 e. The lowest BCUT2D eigenvalue weighted by molar-refractivity contribution is 0.406. The lowest BCUT2D eigenvalue weighted by Gasteiger charge is -2.22. The molecule has 2 unspecified atom stereocenters. The van der Waals surface area contributed by atoms with Crippen LogP contribution >= 0.6 is 11.3 Å². The number of aryl methyl sites for hydroxylation is 1. The van der Waals surface area contributed by atoms with Crippen molar-refractivity contribution in [2.75, 3.05) is 0 Å². The molecule has 0 amide bonds. The molecule has 2 aromatic rings. The number of thiophene rings is 1. The standard InChI is InChI=1S/C18H25NS/c1-4-15(11-14-9-10-14)19-13(3)18-12(2)16-7-5-6-8-17(16)20-18/h5-8,13-15,19H,4,9-11H2,1-3H3. The van der Waals surface area contributed by atoms with Crippen LogP contribution in [0.5, 0.6) is 0 Å². The quantitative estimate of drug-likeness (QED) is 0.746. The van der Waals surface area contributed by atoms with Gasteiger partial charge in [-0.05, 0) is 49.6 Å². The molecule has 20 heavy (non-hydrogen) atoms. The second-order valence-electron chi connectivity index (χ2n) is 6.26. The molecule has 0 spiro atoms.